The lowest BCUT2D eigenvalue weighted by molar-refractivity contribution is -0.153. The second-order valence-corrected chi connectivity index (χ2v) is 4.96. The fourth-order valence-electron chi connectivity index (χ4n) is 1.18. The molecule has 0 aliphatic carbocycles. The first-order valence-corrected chi connectivity index (χ1v) is 7.57. The smallest absolute Gasteiger partial charge is 0.435 e. The summed E-state index contributed by atoms with van der Waals surface area (Å²) in [6.07, 6.45) is -0.338. The van der Waals surface area contributed by atoms with Gasteiger partial charge in [-0.15, -0.1) is 0 Å². The van der Waals surface area contributed by atoms with E-state index < -0.39 is 32.3 Å². The van der Waals surface area contributed by atoms with E-state index in [-0.39, 0.29) is 13.2 Å². The Hall–Kier alpha value is -1.47. The highest BCUT2D eigenvalue weighted by molar-refractivity contribution is 7.48. The van der Waals surface area contributed by atoms with Gasteiger partial charge in [0.05, 0.1) is 32.2 Å². The van der Waals surface area contributed by atoms with Gasteiger partial charge in [-0.3, -0.25) is 18.4 Å². The normalized spacial score (nSPS) is 12.3. The molecule has 0 radical (unpaired) electrons. The molecule has 120 valence electrons. The Labute approximate surface area is 123 Å². The minimum Gasteiger partial charge on any atom is -0.435 e. The van der Waals surface area contributed by atoms with Crippen LogP contribution in [0, 0.1) is 0 Å². The van der Waals surface area contributed by atoms with Crippen molar-refractivity contribution in [1.29, 1.82) is 0 Å². The van der Waals surface area contributed by atoms with Crippen LogP contribution in [0.4, 0.5) is 0 Å². The van der Waals surface area contributed by atoms with E-state index in [2.05, 4.69) is 22.6 Å². The first kappa shape index (κ1) is 19.5. The molecular weight excluding hydrogens is 303 g/mol. The van der Waals surface area contributed by atoms with E-state index in [1.165, 1.54) is 0 Å². The fourth-order valence-corrected chi connectivity index (χ4v) is 2.49. The summed E-state index contributed by atoms with van der Waals surface area (Å²) in [4.78, 5) is 23.1. The van der Waals surface area contributed by atoms with E-state index in [0.29, 0.717) is 0 Å². The van der Waals surface area contributed by atoms with E-state index in [1.54, 1.807) is 13.8 Å². The molecule has 21 heavy (non-hydrogen) atoms. The molecule has 0 saturated carbocycles. The molecule has 0 aromatic heterocycles. The molecule has 0 saturated heterocycles. The summed E-state index contributed by atoms with van der Waals surface area (Å²) < 4.78 is 35.9. The molecule has 0 amide bonds. The van der Waals surface area contributed by atoms with Crippen LogP contribution in [0.2, 0.25) is 0 Å². The molecule has 0 spiro atoms. The first-order valence-electron chi connectivity index (χ1n) is 6.11. The van der Waals surface area contributed by atoms with Gasteiger partial charge in [-0.1, -0.05) is 13.2 Å². The molecule has 0 heterocycles. The summed E-state index contributed by atoms with van der Waals surface area (Å²) in [5.74, 6) is -1.80. The largest absolute Gasteiger partial charge is 0.475 e. The average molecular weight is 322 g/mol. The van der Waals surface area contributed by atoms with Gasteiger partial charge in [0.25, 0.3) is 0 Å². The number of carbonyl (C=O) groups is 2. The van der Waals surface area contributed by atoms with Crippen molar-refractivity contribution in [3.05, 3.63) is 25.7 Å². The van der Waals surface area contributed by atoms with E-state index in [1.807, 2.05) is 0 Å². The van der Waals surface area contributed by atoms with Gasteiger partial charge < -0.3 is 9.47 Å². The predicted octanol–water partition coefficient (Wildman–Crippen LogP) is 2.32. The number of rotatable bonds is 11. The van der Waals surface area contributed by atoms with Crippen LogP contribution in [0.25, 0.3) is 0 Å². The van der Waals surface area contributed by atoms with Crippen LogP contribution < -0.4 is 0 Å². The van der Waals surface area contributed by atoms with Crippen LogP contribution in [-0.4, -0.2) is 31.3 Å². The summed E-state index contributed by atoms with van der Waals surface area (Å²) in [5, 5.41) is 0. The minimum absolute atomic E-state index is 0.0254. The van der Waals surface area contributed by atoms with Crippen LogP contribution in [-0.2, 0) is 37.2 Å². The topological polar surface area (TPSA) is 97.4 Å². The minimum atomic E-state index is -4.00. The highest BCUT2D eigenvalue weighted by Crippen LogP contribution is 2.50. The summed E-state index contributed by atoms with van der Waals surface area (Å²) in [6, 6.07) is 0. The van der Waals surface area contributed by atoms with Gasteiger partial charge in [0.2, 0.25) is 0 Å². The quantitative estimate of drug-likeness (QED) is 0.325. The zero-order chi connectivity index (χ0) is 16.3. The number of phosphoric acid groups is 1. The summed E-state index contributed by atoms with van der Waals surface area (Å²) in [7, 11) is -4.00. The summed E-state index contributed by atoms with van der Waals surface area (Å²) >= 11 is 0. The molecule has 0 aromatic rings. The van der Waals surface area contributed by atoms with Crippen molar-refractivity contribution in [3.63, 3.8) is 0 Å². The average Bonchev–Trinajstić information content (AvgIpc) is 2.39. The zero-order valence-electron chi connectivity index (χ0n) is 12.0. The molecule has 1 unspecified atom stereocenters. The molecule has 0 rings (SSSR count). The number of phosphoric ester groups is 1. The third-order valence-electron chi connectivity index (χ3n) is 1.86. The molecular formula is C12H19O8P. The Kier molecular flexibility index (Phi) is 9.56. The van der Waals surface area contributed by atoms with Crippen molar-refractivity contribution in [3.8, 4) is 0 Å². The van der Waals surface area contributed by atoms with Crippen LogP contribution in [0.1, 0.15) is 20.3 Å². The number of hydrogen-bond donors (Lipinski definition) is 0. The van der Waals surface area contributed by atoms with Crippen LogP contribution in [0.5, 0.6) is 0 Å². The van der Waals surface area contributed by atoms with Crippen molar-refractivity contribution in [2.75, 3.05) is 13.2 Å². The Morgan fingerprint density at radius 3 is 2.05 bits per heavy atom. The lowest BCUT2D eigenvalue weighted by atomic mass is 10.2. The summed E-state index contributed by atoms with van der Waals surface area (Å²) in [5.41, 5.74) is 0. The Balaban J connectivity index is 5.04. The zero-order valence-corrected chi connectivity index (χ0v) is 12.9. The van der Waals surface area contributed by atoms with E-state index >= 15 is 0 Å². The molecule has 0 N–H and O–H groups in total. The number of esters is 2. The van der Waals surface area contributed by atoms with Gasteiger partial charge in [0.1, 0.15) is 0 Å². The fraction of sp³-hybridized carbons (Fsp3) is 0.500. The third kappa shape index (κ3) is 7.77. The number of hydrogen-bond acceptors (Lipinski definition) is 8. The molecule has 8 nitrogen and oxygen atoms in total. The second-order valence-electron chi connectivity index (χ2n) is 3.34. The Morgan fingerprint density at radius 1 is 1.10 bits per heavy atom. The molecule has 1 atom stereocenters. The maximum absolute atomic E-state index is 12.2. The van der Waals surface area contributed by atoms with Crippen molar-refractivity contribution < 1.29 is 37.2 Å². The van der Waals surface area contributed by atoms with Crippen LogP contribution in [0.15, 0.2) is 25.7 Å². The monoisotopic (exact) mass is 322 g/mol. The lowest BCUT2D eigenvalue weighted by Crippen LogP contribution is -2.28. The maximum Gasteiger partial charge on any atom is 0.475 e. The SMILES string of the molecule is C=COC(=O)CC(OP(=O)(OCC)OCC)C(=O)OC=C. The van der Waals surface area contributed by atoms with Gasteiger partial charge in [-0.05, 0) is 13.8 Å². The predicted molar refractivity (Wildman–Crippen MR) is 72.9 cm³/mol. The molecule has 0 bridgehead atoms. The standard InChI is InChI=1S/C12H19O8P/c1-5-16-11(13)9-10(12(14)17-6-2)20-21(15,18-7-3)19-8-4/h5-6,10H,1-2,7-9H2,3-4H3. The van der Waals surface area contributed by atoms with Gasteiger partial charge in [0, 0.05) is 0 Å². The molecule has 0 aliphatic rings. The molecule has 0 aliphatic heterocycles. The van der Waals surface area contributed by atoms with Crippen molar-refractivity contribution in [1.82, 2.24) is 0 Å². The van der Waals surface area contributed by atoms with Gasteiger partial charge in [-0.25, -0.2) is 9.36 Å². The lowest BCUT2D eigenvalue weighted by Gasteiger charge is -2.21. The van der Waals surface area contributed by atoms with Crippen LogP contribution in [0.3, 0.4) is 0 Å². The maximum atomic E-state index is 12.2. The van der Waals surface area contributed by atoms with Gasteiger partial charge in [-0.2, -0.15) is 0 Å². The summed E-state index contributed by atoms with van der Waals surface area (Å²) in [6.45, 7) is 9.59. The Bertz CT molecular complexity index is 409. The molecule has 0 fully saturated rings. The van der Waals surface area contributed by atoms with Gasteiger partial charge >= 0.3 is 19.8 Å². The second kappa shape index (κ2) is 10.3. The van der Waals surface area contributed by atoms with E-state index in [4.69, 9.17) is 13.6 Å². The van der Waals surface area contributed by atoms with Crippen molar-refractivity contribution in [2.45, 2.75) is 26.4 Å². The van der Waals surface area contributed by atoms with Crippen molar-refractivity contribution >= 4 is 19.8 Å². The van der Waals surface area contributed by atoms with E-state index in [0.717, 1.165) is 12.5 Å². The number of carbonyl (C=O) groups excluding carboxylic acids is 2. The highest BCUT2D eigenvalue weighted by Gasteiger charge is 2.36. The molecule has 0 aromatic carbocycles. The first-order chi connectivity index (χ1) is 9.92. The third-order valence-corrected chi connectivity index (χ3v) is 3.52. The van der Waals surface area contributed by atoms with Crippen molar-refractivity contribution in [2.24, 2.45) is 0 Å². The number of ether oxygens (including phenoxy) is 2. The van der Waals surface area contributed by atoms with E-state index in [9.17, 15) is 14.2 Å². The van der Waals surface area contributed by atoms with Crippen LogP contribution >= 0.6 is 7.82 Å². The Morgan fingerprint density at radius 2 is 1.62 bits per heavy atom. The molecule has 9 heteroatoms. The van der Waals surface area contributed by atoms with Gasteiger partial charge in [0.15, 0.2) is 6.10 Å². The highest BCUT2D eigenvalue weighted by atomic mass is 31.2.